The van der Waals surface area contributed by atoms with Gasteiger partial charge in [0.25, 0.3) is 10.0 Å². The monoisotopic (exact) mass is 434 g/mol. The van der Waals surface area contributed by atoms with Crippen LogP contribution in [-0.2, 0) is 14.8 Å². The molecule has 142 valence electrons. The standard InChI is InChI=1S/C16H19ClN2O4S3/c1-23-14-6-5-11(17)10-13(14)18-16(20)12(7-9-24-2)19-26(21,22)15-4-3-8-25-15/h3-6,8,10,12,19H,7,9H2,1-2H3,(H,18,20). The van der Waals surface area contributed by atoms with Crippen molar-refractivity contribution in [3.05, 3.63) is 40.7 Å². The Morgan fingerprint density at radius 3 is 2.77 bits per heavy atom. The van der Waals surface area contributed by atoms with E-state index >= 15 is 0 Å². The largest absolute Gasteiger partial charge is 0.495 e. The number of rotatable bonds is 9. The molecule has 0 aliphatic carbocycles. The average molecular weight is 435 g/mol. The van der Waals surface area contributed by atoms with Gasteiger partial charge in [-0.1, -0.05) is 17.7 Å². The lowest BCUT2D eigenvalue weighted by molar-refractivity contribution is -0.117. The predicted octanol–water partition coefficient (Wildman–Crippen LogP) is 3.45. The van der Waals surface area contributed by atoms with Gasteiger partial charge in [0.15, 0.2) is 0 Å². The maximum atomic E-state index is 12.7. The third-order valence-corrected chi connectivity index (χ3v) is 7.15. The lowest BCUT2D eigenvalue weighted by Gasteiger charge is -2.19. The van der Waals surface area contributed by atoms with E-state index in [-0.39, 0.29) is 4.21 Å². The van der Waals surface area contributed by atoms with Gasteiger partial charge in [0.1, 0.15) is 16.0 Å². The number of thiophene rings is 1. The first-order valence-electron chi connectivity index (χ1n) is 7.56. The maximum absolute atomic E-state index is 12.7. The van der Waals surface area contributed by atoms with Crippen LogP contribution in [0.1, 0.15) is 6.42 Å². The fourth-order valence-corrected chi connectivity index (χ4v) is 5.02. The van der Waals surface area contributed by atoms with Gasteiger partial charge in [-0.25, -0.2) is 8.42 Å². The van der Waals surface area contributed by atoms with E-state index in [0.717, 1.165) is 11.3 Å². The van der Waals surface area contributed by atoms with Crippen molar-refractivity contribution < 1.29 is 17.9 Å². The molecule has 0 aliphatic rings. The van der Waals surface area contributed by atoms with Gasteiger partial charge in [-0.2, -0.15) is 16.5 Å². The molecule has 2 N–H and O–H groups in total. The molecule has 0 aliphatic heterocycles. The van der Waals surface area contributed by atoms with Gasteiger partial charge in [0.2, 0.25) is 5.91 Å². The summed E-state index contributed by atoms with van der Waals surface area (Å²) in [6.45, 7) is 0. The number of carbonyl (C=O) groups is 1. The molecule has 6 nitrogen and oxygen atoms in total. The van der Waals surface area contributed by atoms with Crippen LogP contribution in [0.2, 0.25) is 5.02 Å². The van der Waals surface area contributed by atoms with Crippen LogP contribution < -0.4 is 14.8 Å². The van der Waals surface area contributed by atoms with Crippen LogP contribution in [0.15, 0.2) is 39.9 Å². The first-order chi connectivity index (χ1) is 12.4. The lowest BCUT2D eigenvalue weighted by Crippen LogP contribution is -2.44. The van der Waals surface area contributed by atoms with E-state index in [1.807, 2.05) is 6.26 Å². The average Bonchev–Trinajstić information content (AvgIpc) is 3.14. The fourth-order valence-electron chi connectivity index (χ4n) is 2.14. The lowest BCUT2D eigenvalue weighted by atomic mass is 10.2. The van der Waals surface area contributed by atoms with E-state index in [4.69, 9.17) is 16.3 Å². The zero-order valence-electron chi connectivity index (χ0n) is 14.2. The molecule has 1 aromatic heterocycles. The van der Waals surface area contributed by atoms with Crippen LogP contribution in [0.25, 0.3) is 0 Å². The van der Waals surface area contributed by atoms with Crippen molar-refractivity contribution in [1.29, 1.82) is 0 Å². The number of ether oxygens (including phenoxy) is 1. The van der Waals surface area contributed by atoms with E-state index in [1.165, 1.54) is 24.9 Å². The van der Waals surface area contributed by atoms with E-state index < -0.39 is 22.0 Å². The Morgan fingerprint density at radius 1 is 1.38 bits per heavy atom. The Kier molecular flexibility index (Phi) is 7.78. The molecule has 1 atom stereocenters. The normalized spacial score (nSPS) is 12.6. The minimum atomic E-state index is -3.77. The molecular weight excluding hydrogens is 416 g/mol. The Morgan fingerprint density at radius 2 is 2.15 bits per heavy atom. The van der Waals surface area contributed by atoms with Crippen molar-refractivity contribution in [2.24, 2.45) is 0 Å². The number of amides is 1. The zero-order valence-corrected chi connectivity index (χ0v) is 17.4. The molecule has 26 heavy (non-hydrogen) atoms. The molecule has 0 saturated carbocycles. The molecule has 0 spiro atoms. The Labute approximate surface area is 166 Å². The zero-order chi connectivity index (χ0) is 19.2. The number of sulfonamides is 1. The van der Waals surface area contributed by atoms with Crippen LogP contribution in [0.5, 0.6) is 5.75 Å². The van der Waals surface area contributed by atoms with E-state index in [1.54, 1.807) is 29.6 Å². The highest BCUT2D eigenvalue weighted by Crippen LogP contribution is 2.28. The van der Waals surface area contributed by atoms with Gasteiger partial charge in [-0.05, 0) is 48.1 Å². The molecule has 2 aromatic rings. The summed E-state index contributed by atoms with van der Waals surface area (Å²) in [7, 11) is -2.29. The van der Waals surface area contributed by atoms with Gasteiger partial charge in [0.05, 0.1) is 12.8 Å². The Hall–Kier alpha value is -1.26. The highest BCUT2D eigenvalue weighted by molar-refractivity contribution is 7.98. The van der Waals surface area contributed by atoms with E-state index in [2.05, 4.69) is 10.0 Å². The molecule has 0 radical (unpaired) electrons. The van der Waals surface area contributed by atoms with Gasteiger partial charge in [-0.3, -0.25) is 4.79 Å². The number of anilines is 1. The van der Waals surface area contributed by atoms with Crippen LogP contribution in [0.4, 0.5) is 5.69 Å². The summed E-state index contributed by atoms with van der Waals surface area (Å²) in [6.07, 6.45) is 2.24. The van der Waals surface area contributed by atoms with Crippen LogP contribution in [-0.4, -0.2) is 39.5 Å². The molecule has 1 heterocycles. The Balaban J connectivity index is 2.21. The van der Waals surface area contributed by atoms with E-state index in [9.17, 15) is 13.2 Å². The van der Waals surface area contributed by atoms with Crippen molar-refractivity contribution >= 4 is 56.3 Å². The summed E-state index contributed by atoms with van der Waals surface area (Å²) >= 11 is 8.60. The SMILES string of the molecule is COc1ccc(Cl)cc1NC(=O)C(CCSC)NS(=O)(=O)c1cccs1. The molecular formula is C16H19ClN2O4S3. The van der Waals surface area contributed by atoms with Gasteiger partial charge < -0.3 is 10.1 Å². The Bertz CT molecular complexity index is 841. The number of halogens is 1. The van der Waals surface area contributed by atoms with Crippen molar-refractivity contribution in [3.8, 4) is 5.75 Å². The second kappa shape index (κ2) is 9.61. The number of thioether (sulfide) groups is 1. The quantitative estimate of drug-likeness (QED) is 0.631. The van der Waals surface area contributed by atoms with E-state index in [0.29, 0.717) is 28.6 Å². The molecule has 10 heteroatoms. The molecule has 2 rings (SSSR count). The highest BCUT2D eigenvalue weighted by atomic mass is 35.5. The summed E-state index contributed by atoms with van der Waals surface area (Å²) in [6, 6.07) is 7.05. The topological polar surface area (TPSA) is 84.5 Å². The first kappa shape index (κ1) is 21.0. The molecule has 0 fully saturated rings. The number of hydrogen-bond acceptors (Lipinski definition) is 6. The van der Waals surface area contributed by atoms with Crippen molar-refractivity contribution in [2.75, 3.05) is 24.4 Å². The second-order valence-corrected chi connectivity index (χ2v) is 9.53. The molecule has 1 amide bonds. The van der Waals surface area contributed by atoms with Gasteiger partial charge in [0, 0.05) is 5.02 Å². The van der Waals surface area contributed by atoms with Crippen molar-refractivity contribution in [1.82, 2.24) is 4.72 Å². The van der Waals surface area contributed by atoms with Crippen LogP contribution in [0.3, 0.4) is 0 Å². The number of nitrogens with one attached hydrogen (secondary N) is 2. The third-order valence-electron chi connectivity index (χ3n) is 3.40. The first-order valence-corrected chi connectivity index (χ1v) is 11.7. The van der Waals surface area contributed by atoms with Crippen LogP contribution in [0, 0.1) is 0 Å². The number of benzene rings is 1. The summed E-state index contributed by atoms with van der Waals surface area (Å²) in [5, 5.41) is 4.80. The number of hydrogen-bond donors (Lipinski definition) is 2. The smallest absolute Gasteiger partial charge is 0.250 e. The summed E-state index contributed by atoms with van der Waals surface area (Å²) in [5.41, 5.74) is 0.384. The van der Waals surface area contributed by atoms with Gasteiger partial charge >= 0.3 is 0 Å². The molecule has 0 saturated heterocycles. The molecule has 1 aromatic carbocycles. The fraction of sp³-hybridized carbons (Fsp3) is 0.312. The number of carbonyl (C=O) groups excluding carboxylic acids is 1. The molecule has 0 bridgehead atoms. The van der Waals surface area contributed by atoms with Crippen molar-refractivity contribution in [3.63, 3.8) is 0 Å². The second-order valence-electron chi connectivity index (χ2n) is 5.22. The summed E-state index contributed by atoms with van der Waals surface area (Å²) in [4.78, 5) is 12.7. The maximum Gasteiger partial charge on any atom is 0.250 e. The van der Waals surface area contributed by atoms with Crippen LogP contribution >= 0.6 is 34.7 Å². The van der Waals surface area contributed by atoms with Gasteiger partial charge in [-0.15, -0.1) is 11.3 Å². The molecule has 1 unspecified atom stereocenters. The highest BCUT2D eigenvalue weighted by Gasteiger charge is 2.26. The summed E-state index contributed by atoms with van der Waals surface area (Å²) < 4.78 is 32.8. The summed E-state index contributed by atoms with van der Waals surface area (Å²) in [5.74, 6) is 0.588. The van der Waals surface area contributed by atoms with Crippen molar-refractivity contribution in [2.45, 2.75) is 16.7 Å². The predicted molar refractivity (Wildman–Crippen MR) is 108 cm³/mol. The number of methoxy groups -OCH3 is 1. The minimum absolute atomic E-state index is 0.166. The minimum Gasteiger partial charge on any atom is -0.495 e. The third kappa shape index (κ3) is 5.62.